The summed E-state index contributed by atoms with van der Waals surface area (Å²) >= 11 is 0. The molecule has 0 atom stereocenters. The van der Waals surface area contributed by atoms with Crippen molar-refractivity contribution < 1.29 is 0 Å². The maximum Gasteiger partial charge on any atom is 0.238 e. The van der Waals surface area contributed by atoms with E-state index in [1.54, 1.807) is 0 Å². The number of fused-ring (bicyclic) bond motifs is 12. The van der Waals surface area contributed by atoms with Crippen LogP contribution in [0.25, 0.3) is 168 Å². The van der Waals surface area contributed by atoms with E-state index in [9.17, 15) is 0 Å². The molecule has 0 N–H and O–H groups in total. The van der Waals surface area contributed by atoms with Gasteiger partial charge in [0.15, 0.2) is 23.3 Å². The minimum Gasteiger partial charge on any atom is -0.278 e. The van der Waals surface area contributed by atoms with E-state index in [-0.39, 0.29) is 0 Å². The van der Waals surface area contributed by atoms with Gasteiger partial charge in [-0.3, -0.25) is 9.13 Å². The van der Waals surface area contributed by atoms with Crippen LogP contribution in [0.3, 0.4) is 0 Å². The second-order valence-electron chi connectivity index (χ2n) is 36.2. The number of benzene rings is 18. The van der Waals surface area contributed by atoms with Gasteiger partial charge in [0, 0.05) is 43.8 Å². The highest BCUT2D eigenvalue weighted by Crippen LogP contribution is 2.61. The fourth-order valence-electron chi connectivity index (χ4n) is 21.5. The lowest BCUT2D eigenvalue weighted by Crippen LogP contribution is -2.29. The van der Waals surface area contributed by atoms with Gasteiger partial charge in [-0.1, -0.05) is 428 Å². The van der Waals surface area contributed by atoms with Crippen molar-refractivity contribution in [3.8, 4) is 124 Å². The molecule has 0 fully saturated rings. The van der Waals surface area contributed by atoms with Gasteiger partial charge in [-0.15, -0.1) is 0 Å². The summed E-state index contributed by atoms with van der Waals surface area (Å²) in [7, 11) is 0. The van der Waals surface area contributed by atoms with Gasteiger partial charge in [-0.05, 0) is 221 Å². The number of aromatic nitrogens is 8. The fraction of sp³-hybridized carbons (Fsp3) is 0.109. The van der Waals surface area contributed by atoms with Crippen LogP contribution in [0.4, 0.5) is 0 Å². The summed E-state index contributed by atoms with van der Waals surface area (Å²) in [5.41, 5.74) is 33.5. The Balaban J connectivity index is 0.000000156. The first-order valence-electron chi connectivity index (χ1n) is 48.2. The third-order valence-corrected chi connectivity index (χ3v) is 28.0. The van der Waals surface area contributed by atoms with Crippen molar-refractivity contribution in [1.82, 2.24) is 39.0 Å². The summed E-state index contributed by atoms with van der Waals surface area (Å²) in [4.78, 5) is 31.5. The van der Waals surface area contributed by atoms with Crippen LogP contribution in [0.2, 0.25) is 0 Å². The van der Waals surface area contributed by atoms with Gasteiger partial charge in [-0.25, -0.2) is 9.97 Å². The Morgan fingerprint density at radius 3 is 0.787 bits per heavy atom. The van der Waals surface area contributed by atoms with Crippen LogP contribution in [0.5, 0.6) is 0 Å². The van der Waals surface area contributed by atoms with Crippen LogP contribution in [-0.4, -0.2) is 39.0 Å². The van der Waals surface area contributed by atoms with Crippen LogP contribution in [0.15, 0.2) is 449 Å². The van der Waals surface area contributed by atoms with E-state index in [0.29, 0.717) is 35.2 Å². The predicted octanol–water partition coefficient (Wildman–Crippen LogP) is 32.2. The lowest BCUT2D eigenvalue weighted by molar-refractivity contribution is 0.666. The lowest BCUT2D eigenvalue weighted by Gasteiger charge is -2.35. The van der Waals surface area contributed by atoms with Gasteiger partial charge in [0.1, 0.15) is 0 Å². The molecule has 4 aromatic heterocycles. The quantitative estimate of drug-likeness (QED) is 0.0560. The number of unbranched alkanes of at least 4 members (excludes halogenated alkanes) is 6. The third-order valence-electron chi connectivity index (χ3n) is 28.0. The first-order chi connectivity index (χ1) is 67.3. The Morgan fingerprint density at radius 1 is 0.191 bits per heavy atom. The monoisotopic (exact) mass is 1750 g/mol. The molecule has 652 valence electrons. The van der Waals surface area contributed by atoms with E-state index < -0.39 is 10.8 Å². The number of aryl methyl sites for hydroxylation is 2. The Morgan fingerprint density at radius 2 is 0.471 bits per heavy atom. The summed E-state index contributed by atoms with van der Waals surface area (Å²) in [5.74, 6) is 3.67. The van der Waals surface area contributed by atoms with E-state index in [2.05, 4.69) is 399 Å². The highest BCUT2D eigenvalue weighted by atomic mass is 15.2. The molecule has 0 aliphatic heterocycles. The SMILES string of the molecule is CCCCCCc1ccc(C2(c3ccc(CCCCCC)cc3)c3ccccc3-c3cc4c5ccccc5n(-c5nc(-c6ccccc6)nc(-c6ccccc6)n5)c4cc32)cc1.c1ccc(-c2cc(-c3ccccc3)cc(C3(c4cc(-c5ccccc5)cc(-c5ccccc5)c4)c4ccccc4-c4cc5c6ccccc6n(-c6nc(-c7ccccc7)nc(-c7ccccc7)n6)c5cc43)c2)cc1. The lowest BCUT2D eigenvalue weighted by atomic mass is 9.66. The molecule has 8 heteroatoms. The summed E-state index contributed by atoms with van der Waals surface area (Å²) < 4.78 is 4.54. The molecule has 0 unspecified atom stereocenters. The molecule has 0 radical (unpaired) electrons. The highest BCUT2D eigenvalue weighted by molar-refractivity contribution is 6.14. The molecule has 0 saturated heterocycles. The zero-order valence-corrected chi connectivity index (χ0v) is 76.4. The molecule has 2 aliphatic carbocycles. The Bertz CT molecular complexity index is 7710. The highest BCUT2D eigenvalue weighted by Gasteiger charge is 2.49. The average molecular weight is 1750 g/mol. The average Bonchev–Trinajstić information content (AvgIpc) is 1.52. The summed E-state index contributed by atoms with van der Waals surface area (Å²) in [5, 5.41) is 4.60. The molecular weight excluding hydrogens is 1650 g/mol. The smallest absolute Gasteiger partial charge is 0.238 e. The van der Waals surface area contributed by atoms with Crippen LogP contribution < -0.4 is 0 Å². The third kappa shape index (κ3) is 15.3. The van der Waals surface area contributed by atoms with Gasteiger partial charge in [0.25, 0.3) is 0 Å². The van der Waals surface area contributed by atoms with E-state index >= 15 is 0 Å². The molecule has 4 heterocycles. The molecule has 24 rings (SSSR count). The summed E-state index contributed by atoms with van der Waals surface area (Å²) in [6.07, 6.45) is 12.3. The van der Waals surface area contributed by atoms with Crippen molar-refractivity contribution in [3.05, 3.63) is 505 Å². The molecule has 2 aliphatic rings. The normalized spacial score (nSPS) is 12.6. The van der Waals surface area contributed by atoms with Crippen molar-refractivity contribution in [3.63, 3.8) is 0 Å². The van der Waals surface area contributed by atoms with Crippen molar-refractivity contribution >= 4 is 43.6 Å². The topological polar surface area (TPSA) is 87.2 Å². The first-order valence-corrected chi connectivity index (χ1v) is 48.2. The zero-order chi connectivity index (χ0) is 90.9. The number of hydrogen-bond acceptors (Lipinski definition) is 6. The minimum atomic E-state index is -0.840. The number of para-hydroxylation sites is 2. The van der Waals surface area contributed by atoms with E-state index in [0.717, 1.165) is 112 Å². The van der Waals surface area contributed by atoms with Gasteiger partial charge in [0.2, 0.25) is 11.9 Å². The zero-order valence-electron chi connectivity index (χ0n) is 76.4. The van der Waals surface area contributed by atoms with Gasteiger partial charge in [-0.2, -0.15) is 19.9 Å². The van der Waals surface area contributed by atoms with E-state index in [1.807, 2.05) is 72.8 Å². The number of nitrogens with zero attached hydrogens (tertiary/aromatic N) is 8. The minimum absolute atomic E-state index is 0.549. The second kappa shape index (κ2) is 36.6. The Labute approximate surface area is 794 Å². The standard InChI is InChI=1S/C70H46N4.C58H54N4/c1-7-23-47(24-8-1)53-39-54(48-25-9-2-10-26-48)42-57(41-53)70(58-43-55(49-27-11-3-12-28-49)40-56(44-58)50-29-13-4-14-30-50)63-37-21-19-35-59(63)61-45-62-60-36-20-22-38-65(60)74(66(62)46-64(61)70)69-72-67(51-31-15-5-16-32-51)71-68(73-69)52-33-17-6-18-34-52;1-3-5-7-11-21-41-31-35-45(36-32-41)58(46-37-33-42(34-38-46)22-12-8-6-4-2)51-29-19-17-27-47(51)49-39-50-48-28-18-20-30-53(48)62(54(50)40-52(49)58)57-60-55(43-23-13-9-14-24-43)59-56(61-57)44-25-15-10-16-26-44/h1-46H;9-10,13-20,23-40H,3-8,11-12,21-22H2,1-2H3. The second-order valence-corrected chi connectivity index (χ2v) is 36.2. The molecule has 8 nitrogen and oxygen atoms in total. The van der Waals surface area contributed by atoms with E-state index in [1.165, 1.54) is 140 Å². The molecule has 18 aromatic carbocycles. The first kappa shape index (κ1) is 83.9. The van der Waals surface area contributed by atoms with Gasteiger partial charge >= 0.3 is 0 Å². The van der Waals surface area contributed by atoms with Crippen LogP contribution >= 0.6 is 0 Å². The number of rotatable bonds is 24. The van der Waals surface area contributed by atoms with E-state index in [4.69, 9.17) is 29.9 Å². The van der Waals surface area contributed by atoms with Crippen molar-refractivity contribution in [2.45, 2.75) is 88.9 Å². The Hall–Kier alpha value is -16.4. The van der Waals surface area contributed by atoms with Gasteiger partial charge < -0.3 is 0 Å². The molecule has 0 saturated carbocycles. The molecule has 136 heavy (non-hydrogen) atoms. The fourth-order valence-corrected chi connectivity index (χ4v) is 21.5. The van der Waals surface area contributed by atoms with Gasteiger partial charge in [0.05, 0.1) is 32.9 Å². The van der Waals surface area contributed by atoms with Crippen LogP contribution in [0, 0.1) is 0 Å². The molecule has 0 amide bonds. The molecule has 22 aromatic rings. The van der Waals surface area contributed by atoms with Crippen LogP contribution in [0.1, 0.15) is 121 Å². The van der Waals surface area contributed by atoms with Crippen molar-refractivity contribution in [2.75, 3.05) is 0 Å². The maximum atomic E-state index is 5.38. The predicted molar refractivity (Wildman–Crippen MR) is 562 cm³/mol. The molecule has 0 bridgehead atoms. The van der Waals surface area contributed by atoms with Crippen molar-refractivity contribution in [2.24, 2.45) is 0 Å². The van der Waals surface area contributed by atoms with Crippen molar-refractivity contribution in [1.29, 1.82) is 0 Å². The Kier molecular flexibility index (Phi) is 22.6. The van der Waals surface area contributed by atoms with Crippen LogP contribution in [-0.2, 0) is 23.7 Å². The summed E-state index contributed by atoms with van der Waals surface area (Å²) in [6.45, 7) is 4.57. The molecule has 0 spiro atoms. The summed E-state index contributed by atoms with van der Waals surface area (Å²) in [6, 6.07) is 164. The largest absolute Gasteiger partial charge is 0.278 e. The molecular formula is C128H100N8. The number of hydrogen-bond donors (Lipinski definition) is 0. The maximum absolute atomic E-state index is 5.38.